The molecule has 0 bridgehead atoms. The Morgan fingerprint density at radius 3 is 2.93 bits per heavy atom. The van der Waals surface area contributed by atoms with Gasteiger partial charge in [-0.25, -0.2) is 9.37 Å². The van der Waals surface area contributed by atoms with Crippen LogP contribution in [-0.2, 0) is 27.4 Å². The number of fused-ring (bicyclic) bond motifs is 1. The molecule has 1 aromatic carbocycles. The number of esters is 1. The van der Waals surface area contributed by atoms with Crippen molar-refractivity contribution in [3.8, 4) is 0 Å². The van der Waals surface area contributed by atoms with Crippen molar-refractivity contribution in [2.45, 2.75) is 19.5 Å². The lowest BCUT2D eigenvalue weighted by Crippen LogP contribution is -2.31. The molecule has 0 saturated heterocycles. The van der Waals surface area contributed by atoms with Gasteiger partial charge in [-0.2, -0.15) is 0 Å². The number of halogens is 1. The van der Waals surface area contributed by atoms with Crippen molar-refractivity contribution in [3.05, 3.63) is 63.8 Å². The van der Waals surface area contributed by atoms with Crippen molar-refractivity contribution in [2.75, 3.05) is 13.7 Å². The fourth-order valence-electron chi connectivity index (χ4n) is 2.59. The first kappa shape index (κ1) is 19.7. The Morgan fingerprint density at radius 1 is 1.32 bits per heavy atom. The van der Waals surface area contributed by atoms with Crippen molar-refractivity contribution in [1.29, 1.82) is 0 Å². The number of nitrogens with zero attached hydrogens (tertiary/aromatic N) is 3. The molecule has 7 nitrogen and oxygen atoms in total. The molecule has 0 N–H and O–H groups in total. The molecule has 0 fully saturated rings. The first-order valence-corrected chi connectivity index (χ1v) is 9.38. The summed E-state index contributed by atoms with van der Waals surface area (Å²) in [5.41, 5.74) is 0.419. The van der Waals surface area contributed by atoms with Crippen LogP contribution in [0.4, 0.5) is 4.39 Å². The zero-order valence-corrected chi connectivity index (χ0v) is 15.9. The predicted molar refractivity (Wildman–Crippen MR) is 102 cm³/mol. The van der Waals surface area contributed by atoms with E-state index in [-0.39, 0.29) is 30.9 Å². The van der Waals surface area contributed by atoms with E-state index in [0.29, 0.717) is 15.8 Å². The van der Waals surface area contributed by atoms with Crippen LogP contribution in [-0.4, -0.2) is 40.0 Å². The summed E-state index contributed by atoms with van der Waals surface area (Å²) in [6.45, 7) is -0.0962. The number of thiophene rings is 1. The molecule has 146 valence electrons. The standard InChI is InChI=1S/C19H18FN3O4S/c1-22(10-13-3-2-4-14(20)9-13)16(24)11-27-17(25)5-7-23-12-21-18-15(19(23)26)6-8-28-18/h2-4,6,8-9,12H,5,7,10-11H2,1H3. The van der Waals surface area contributed by atoms with E-state index in [1.165, 1.54) is 39.3 Å². The zero-order valence-electron chi connectivity index (χ0n) is 15.1. The fraction of sp³-hybridized carbons (Fsp3) is 0.263. The van der Waals surface area contributed by atoms with Gasteiger partial charge in [-0.15, -0.1) is 11.3 Å². The third-order valence-electron chi connectivity index (χ3n) is 4.10. The fourth-order valence-corrected chi connectivity index (χ4v) is 3.31. The van der Waals surface area contributed by atoms with Crippen LogP contribution in [0, 0.1) is 5.82 Å². The van der Waals surface area contributed by atoms with Crippen molar-refractivity contribution >= 4 is 33.4 Å². The van der Waals surface area contributed by atoms with Gasteiger partial charge in [0.15, 0.2) is 6.61 Å². The quantitative estimate of drug-likeness (QED) is 0.565. The Bertz CT molecular complexity index is 1060. The van der Waals surface area contributed by atoms with Crippen LogP contribution in [0.5, 0.6) is 0 Å². The van der Waals surface area contributed by atoms with Gasteiger partial charge in [-0.05, 0) is 29.1 Å². The number of carbonyl (C=O) groups is 2. The van der Waals surface area contributed by atoms with Crippen molar-refractivity contribution in [1.82, 2.24) is 14.5 Å². The van der Waals surface area contributed by atoms with Crippen LogP contribution < -0.4 is 5.56 Å². The highest BCUT2D eigenvalue weighted by molar-refractivity contribution is 7.16. The molecule has 9 heteroatoms. The zero-order chi connectivity index (χ0) is 20.1. The average molecular weight is 403 g/mol. The van der Waals surface area contributed by atoms with E-state index >= 15 is 0 Å². The summed E-state index contributed by atoms with van der Waals surface area (Å²) >= 11 is 1.37. The van der Waals surface area contributed by atoms with Crippen LogP contribution in [0.1, 0.15) is 12.0 Å². The molecule has 1 amide bonds. The smallest absolute Gasteiger partial charge is 0.308 e. The molecule has 0 saturated carbocycles. The maximum Gasteiger partial charge on any atom is 0.308 e. The maximum atomic E-state index is 13.2. The van der Waals surface area contributed by atoms with Crippen molar-refractivity contribution < 1.29 is 18.7 Å². The highest BCUT2D eigenvalue weighted by atomic mass is 32.1. The number of aryl methyl sites for hydroxylation is 1. The molecule has 2 heterocycles. The largest absolute Gasteiger partial charge is 0.456 e. The van der Waals surface area contributed by atoms with Gasteiger partial charge < -0.3 is 9.64 Å². The third-order valence-corrected chi connectivity index (χ3v) is 4.92. The Labute approximate surface area is 164 Å². The summed E-state index contributed by atoms with van der Waals surface area (Å²) in [4.78, 5) is 42.4. The van der Waals surface area contributed by atoms with Gasteiger partial charge in [0.25, 0.3) is 11.5 Å². The summed E-state index contributed by atoms with van der Waals surface area (Å²) in [6.07, 6.45) is 1.34. The molecule has 2 aromatic heterocycles. The number of carbonyl (C=O) groups excluding carboxylic acids is 2. The number of amides is 1. The van der Waals surface area contributed by atoms with Gasteiger partial charge in [-0.1, -0.05) is 12.1 Å². The number of hydrogen-bond donors (Lipinski definition) is 0. The molecule has 0 unspecified atom stereocenters. The summed E-state index contributed by atoms with van der Waals surface area (Å²) in [5.74, 6) is -1.38. The Kier molecular flexibility index (Phi) is 6.15. The first-order valence-electron chi connectivity index (χ1n) is 8.50. The van der Waals surface area contributed by atoms with E-state index in [1.807, 2.05) is 0 Å². The van der Waals surface area contributed by atoms with Gasteiger partial charge >= 0.3 is 5.97 Å². The maximum absolute atomic E-state index is 13.2. The summed E-state index contributed by atoms with van der Waals surface area (Å²) in [6, 6.07) is 7.62. The highest BCUT2D eigenvalue weighted by Gasteiger charge is 2.13. The number of ether oxygens (including phenoxy) is 1. The first-order chi connectivity index (χ1) is 13.4. The van der Waals surface area contributed by atoms with Crippen LogP contribution in [0.15, 0.2) is 46.8 Å². The van der Waals surface area contributed by atoms with Crippen molar-refractivity contribution in [3.63, 3.8) is 0 Å². The van der Waals surface area contributed by atoms with Crippen LogP contribution in [0.3, 0.4) is 0 Å². The second kappa shape index (κ2) is 8.75. The number of benzene rings is 1. The van der Waals surface area contributed by atoms with Gasteiger partial charge in [-0.3, -0.25) is 19.0 Å². The van der Waals surface area contributed by atoms with Gasteiger partial charge in [0.05, 0.1) is 18.1 Å². The van der Waals surface area contributed by atoms with Crippen LogP contribution in [0.25, 0.3) is 10.2 Å². The lowest BCUT2D eigenvalue weighted by Gasteiger charge is -2.17. The molecule has 0 aliphatic carbocycles. The van der Waals surface area contributed by atoms with E-state index in [0.717, 1.165) is 0 Å². The van der Waals surface area contributed by atoms with E-state index in [1.54, 1.807) is 30.6 Å². The van der Waals surface area contributed by atoms with E-state index in [9.17, 15) is 18.8 Å². The molecule has 3 aromatic rings. The second-order valence-electron chi connectivity index (χ2n) is 6.17. The molecular formula is C19H18FN3O4S. The number of likely N-dealkylation sites (N-methyl/N-ethyl adjacent to an activating group) is 1. The lowest BCUT2D eigenvalue weighted by atomic mass is 10.2. The minimum absolute atomic E-state index is 0.0574. The van der Waals surface area contributed by atoms with Gasteiger partial charge in [0, 0.05) is 20.1 Å². The molecule has 0 radical (unpaired) electrons. The second-order valence-corrected chi connectivity index (χ2v) is 7.07. The minimum Gasteiger partial charge on any atom is -0.456 e. The van der Waals surface area contributed by atoms with Gasteiger partial charge in [0.1, 0.15) is 10.6 Å². The Balaban J connectivity index is 1.47. The highest BCUT2D eigenvalue weighted by Crippen LogP contribution is 2.13. The van der Waals surface area contributed by atoms with Crippen LogP contribution >= 0.6 is 11.3 Å². The van der Waals surface area contributed by atoms with E-state index in [4.69, 9.17) is 4.74 Å². The van der Waals surface area contributed by atoms with Gasteiger partial charge in [0.2, 0.25) is 0 Å². The Morgan fingerprint density at radius 2 is 2.14 bits per heavy atom. The topological polar surface area (TPSA) is 81.5 Å². The monoisotopic (exact) mass is 403 g/mol. The predicted octanol–water partition coefficient (Wildman–Crippen LogP) is 2.19. The molecule has 0 aliphatic rings. The average Bonchev–Trinajstić information content (AvgIpc) is 3.15. The van der Waals surface area contributed by atoms with Crippen molar-refractivity contribution in [2.24, 2.45) is 0 Å². The molecule has 0 atom stereocenters. The minimum atomic E-state index is -0.593. The van der Waals surface area contributed by atoms with Crippen LogP contribution in [0.2, 0.25) is 0 Å². The summed E-state index contributed by atoms with van der Waals surface area (Å²) < 4.78 is 19.5. The normalized spacial score (nSPS) is 10.8. The lowest BCUT2D eigenvalue weighted by molar-refractivity contribution is -0.151. The molecule has 3 rings (SSSR count). The summed E-state index contributed by atoms with van der Waals surface area (Å²) in [7, 11) is 1.54. The number of aromatic nitrogens is 2. The van der Waals surface area contributed by atoms with E-state index in [2.05, 4.69) is 4.98 Å². The van der Waals surface area contributed by atoms with E-state index < -0.39 is 18.5 Å². The SMILES string of the molecule is CN(Cc1cccc(F)c1)C(=O)COC(=O)CCn1cnc2sccc2c1=O. The third kappa shape index (κ3) is 4.80. The Hall–Kier alpha value is -3.07. The molecular weight excluding hydrogens is 385 g/mol. The molecule has 0 aliphatic heterocycles. The number of hydrogen-bond acceptors (Lipinski definition) is 6. The summed E-state index contributed by atoms with van der Waals surface area (Å²) in [5, 5.41) is 2.29. The molecule has 0 spiro atoms. The molecule has 28 heavy (non-hydrogen) atoms. The number of rotatable bonds is 7.